The molecule has 3 rings (SSSR count). The second kappa shape index (κ2) is 7.42. The fourth-order valence-electron chi connectivity index (χ4n) is 3.08. The highest BCUT2D eigenvalue weighted by Gasteiger charge is 2.32. The first-order chi connectivity index (χ1) is 12.3. The molecule has 1 aliphatic heterocycles. The van der Waals surface area contributed by atoms with Crippen LogP contribution >= 0.6 is 0 Å². The number of sulfonamides is 1. The Bertz CT molecular complexity index is 857. The van der Waals surface area contributed by atoms with Crippen LogP contribution in [0.4, 0.5) is 8.78 Å². The van der Waals surface area contributed by atoms with Crippen molar-refractivity contribution in [2.75, 3.05) is 26.2 Å². The summed E-state index contributed by atoms with van der Waals surface area (Å²) >= 11 is 0. The molecule has 0 atom stereocenters. The van der Waals surface area contributed by atoms with Gasteiger partial charge in [0.1, 0.15) is 4.90 Å². The first-order valence-corrected chi connectivity index (χ1v) is 9.83. The van der Waals surface area contributed by atoms with E-state index in [0.717, 1.165) is 12.7 Å². The van der Waals surface area contributed by atoms with Crippen molar-refractivity contribution < 1.29 is 17.2 Å². The van der Waals surface area contributed by atoms with Crippen molar-refractivity contribution in [1.82, 2.24) is 19.0 Å². The smallest absolute Gasteiger partial charge is 0.296 e. The number of hydrogen-bond donors (Lipinski definition) is 0. The number of aromatic nitrogens is 2. The Labute approximate surface area is 152 Å². The highest BCUT2D eigenvalue weighted by molar-refractivity contribution is 7.89. The quantitative estimate of drug-likeness (QED) is 0.794. The molecule has 26 heavy (non-hydrogen) atoms. The van der Waals surface area contributed by atoms with E-state index < -0.39 is 16.6 Å². The molecular formula is C17H22F2N4O2S. The van der Waals surface area contributed by atoms with E-state index in [9.17, 15) is 17.2 Å². The Hall–Kier alpha value is -1.84. The number of nitrogens with zero attached hydrogens (tertiary/aromatic N) is 4. The van der Waals surface area contributed by atoms with E-state index >= 15 is 0 Å². The Morgan fingerprint density at radius 3 is 2.23 bits per heavy atom. The monoisotopic (exact) mass is 384 g/mol. The lowest BCUT2D eigenvalue weighted by atomic mass is 10.1. The number of aryl methyl sites for hydroxylation is 1. The summed E-state index contributed by atoms with van der Waals surface area (Å²) in [7, 11) is -3.82. The fraction of sp³-hybridized carbons (Fsp3) is 0.471. The van der Waals surface area contributed by atoms with Gasteiger partial charge in [0.2, 0.25) is 10.0 Å². The zero-order valence-electron chi connectivity index (χ0n) is 14.8. The van der Waals surface area contributed by atoms with Gasteiger partial charge in [-0.1, -0.05) is 29.8 Å². The molecule has 0 radical (unpaired) electrons. The van der Waals surface area contributed by atoms with Crippen LogP contribution in [0, 0.1) is 13.8 Å². The summed E-state index contributed by atoms with van der Waals surface area (Å²) in [4.78, 5) is 2.04. The molecule has 0 N–H and O–H groups in total. The van der Waals surface area contributed by atoms with Crippen LogP contribution in [-0.4, -0.2) is 53.6 Å². The van der Waals surface area contributed by atoms with Gasteiger partial charge in [-0.05, 0) is 19.4 Å². The Morgan fingerprint density at radius 1 is 1.08 bits per heavy atom. The molecule has 1 fully saturated rings. The third kappa shape index (κ3) is 3.79. The molecule has 1 aliphatic rings. The molecule has 6 nitrogen and oxygen atoms in total. The molecule has 0 aliphatic carbocycles. The zero-order chi connectivity index (χ0) is 18.9. The van der Waals surface area contributed by atoms with Crippen LogP contribution in [0.15, 0.2) is 35.4 Å². The maximum Gasteiger partial charge on any atom is 0.333 e. The third-order valence-electron chi connectivity index (χ3n) is 4.66. The van der Waals surface area contributed by atoms with E-state index in [-0.39, 0.29) is 10.6 Å². The van der Waals surface area contributed by atoms with Crippen molar-refractivity contribution >= 4 is 10.0 Å². The van der Waals surface area contributed by atoms with Gasteiger partial charge in [0, 0.05) is 32.7 Å². The predicted octanol–water partition coefficient (Wildman–Crippen LogP) is 2.40. The molecule has 2 aromatic rings. The number of alkyl halides is 2. The lowest BCUT2D eigenvalue weighted by Gasteiger charge is -2.33. The molecule has 0 spiro atoms. The zero-order valence-corrected chi connectivity index (χ0v) is 15.6. The molecule has 9 heteroatoms. The summed E-state index contributed by atoms with van der Waals surface area (Å²) < 4.78 is 53.0. The first-order valence-electron chi connectivity index (χ1n) is 8.39. The van der Waals surface area contributed by atoms with Crippen LogP contribution < -0.4 is 0 Å². The molecule has 1 saturated heterocycles. The molecular weight excluding hydrogens is 362 g/mol. The van der Waals surface area contributed by atoms with Gasteiger partial charge in [0.15, 0.2) is 0 Å². The number of rotatable bonds is 5. The molecule has 2 heterocycles. The molecule has 0 amide bonds. The second-order valence-electron chi connectivity index (χ2n) is 6.48. The van der Waals surface area contributed by atoms with E-state index in [1.807, 2.05) is 6.92 Å². The van der Waals surface area contributed by atoms with Gasteiger partial charge < -0.3 is 0 Å². The van der Waals surface area contributed by atoms with Crippen LogP contribution in [0.2, 0.25) is 0 Å². The average Bonchev–Trinajstić information content (AvgIpc) is 3.00. The third-order valence-corrected chi connectivity index (χ3v) is 6.66. The van der Waals surface area contributed by atoms with E-state index in [1.165, 1.54) is 22.4 Å². The largest absolute Gasteiger partial charge is 0.333 e. The van der Waals surface area contributed by atoms with Gasteiger partial charge in [-0.2, -0.15) is 18.2 Å². The van der Waals surface area contributed by atoms with Crippen molar-refractivity contribution in [3.63, 3.8) is 0 Å². The maximum atomic E-state index is 12.8. The van der Waals surface area contributed by atoms with Crippen LogP contribution in [0.5, 0.6) is 0 Å². The number of piperazine rings is 1. The van der Waals surface area contributed by atoms with Gasteiger partial charge in [0.05, 0.1) is 11.9 Å². The summed E-state index contributed by atoms with van der Waals surface area (Å²) in [5, 5.41) is 3.50. The maximum absolute atomic E-state index is 12.8. The van der Waals surface area contributed by atoms with Crippen LogP contribution in [0.25, 0.3) is 0 Å². The lowest BCUT2D eigenvalue weighted by molar-refractivity contribution is 0.0541. The SMILES string of the molecule is Cc1ccc(CN2CCN(S(=O)(=O)c3cnn(C(F)F)c3C)CC2)cc1. The Morgan fingerprint density at radius 2 is 1.69 bits per heavy atom. The average molecular weight is 384 g/mol. The molecule has 1 aromatic heterocycles. The van der Waals surface area contributed by atoms with Gasteiger partial charge in [-0.3, -0.25) is 4.90 Å². The van der Waals surface area contributed by atoms with E-state index in [2.05, 4.69) is 34.3 Å². The Kier molecular flexibility index (Phi) is 5.40. The molecule has 0 bridgehead atoms. The summed E-state index contributed by atoms with van der Waals surface area (Å²) in [6.07, 6.45) is 1.01. The van der Waals surface area contributed by atoms with Crippen LogP contribution in [-0.2, 0) is 16.6 Å². The topological polar surface area (TPSA) is 58.4 Å². The van der Waals surface area contributed by atoms with Crippen molar-refractivity contribution in [2.24, 2.45) is 0 Å². The number of hydrogen-bond acceptors (Lipinski definition) is 4. The first kappa shape index (κ1) is 18.9. The van der Waals surface area contributed by atoms with Crippen molar-refractivity contribution in [3.8, 4) is 0 Å². The number of benzene rings is 1. The lowest BCUT2D eigenvalue weighted by Crippen LogP contribution is -2.48. The van der Waals surface area contributed by atoms with E-state index in [1.54, 1.807) is 0 Å². The minimum atomic E-state index is -3.82. The van der Waals surface area contributed by atoms with Crippen LogP contribution in [0.3, 0.4) is 0 Å². The molecule has 142 valence electrons. The molecule has 1 aromatic carbocycles. The van der Waals surface area contributed by atoms with Gasteiger partial charge in [-0.15, -0.1) is 0 Å². The number of halogens is 2. The molecule has 0 saturated carbocycles. The van der Waals surface area contributed by atoms with Crippen LogP contribution in [0.1, 0.15) is 23.4 Å². The predicted molar refractivity (Wildman–Crippen MR) is 93.4 cm³/mol. The van der Waals surface area contributed by atoms with Gasteiger partial charge >= 0.3 is 6.55 Å². The summed E-state index contributed by atoms with van der Waals surface area (Å²) in [5.74, 6) is 0. The second-order valence-corrected chi connectivity index (χ2v) is 8.39. The summed E-state index contributed by atoms with van der Waals surface area (Å²) in [6, 6.07) is 8.25. The Balaban J connectivity index is 1.66. The standard InChI is InChI=1S/C17H22F2N4O2S/c1-13-3-5-15(6-4-13)12-21-7-9-22(10-8-21)26(24,25)16-11-20-23(14(16)2)17(18)19/h3-6,11,17H,7-10,12H2,1-2H3. The van der Waals surface area contributed by atoms with E-state index in [0.29, 0.717) is 30.9 Å². The molecule has 0 unspecified atom stereocenters. The van der Waals surface area contributed by atoms with Gasteiger partial charge in [-0.25, -0.2) is 13.1 Å². The summed E-state index contributed by atoms with van der Waals surface area (Å²) in [6.45, 7) is 3.12. The highest BCUT2D eigenvalue weighted by atomic mass is 32.2. The van der Waals surface area contributed by atoms with Crippen molar-refractivity contribution in [3.05, 3.63) is 47.3 Å². The fourth-order valence-corrected chi connectivity index (χ4v) is 4.65. The van der Waals surface area contributed by atoms with E-state index in [4.69, 9.17) is 0 Å². The summed E-state index contributed by atoms with van der Waals surface area (Å²) in [5.41, 5.74) is 2.34. The normalized spacial score (nSPS) is 17.1. The highest BCUT2D eigenvalue weighted by Crippen LogP contribution is 2.24. The van der Waals surface area contributed by atoms with Gasteiger partial charge in [0.25, 0.3) is 0 Å². The van der Waals surface area contributed by atoms with Crippen molar-refractivity contribution in [2.45, 2.75) is 31.8 Å². The minimum absolute atomic E-state index is 0.0397. The minimum Gasteiger partial charge on any atom is -0.296 e. The van der Waals surface area contributed by atoms with Crippen molar-refractivity contribution in [1.29, 1.82) is 0 Å².